The van der Waals surface area contributed by atoms with E-state index in [0.29, 0.717) is 0 Å². The molecule has 1 aliphatic rings. The summed E-state index contributed by atoms with van der Waals surface area (Å²) < 4.78 is 0. The number of nitrogens with one attached hydrogen (secondary N) is 6. The van der Waals surface area contributed by atoms with E-state index in [1.54, 1.807) is 0 Å². The van der Waals surface area contributed by atoms with E-state index in [4.69, 9.17) is 5.73 Å². The number of nitrogens with two attached hydrogens (primary N) is 1. The fraction of sp³-hybridized carbons (Fsp3) is 0.370. The topological polar surface area (TPSA) is 218 Å². The van der Waals surface area contributed by atoms with Gasteiger partial charge < -0.3 is 37.6 Å². The molecule has 2 aromatic rings. The second-order valence-electron chi connectivity index (χ2n) is 9.52. The number of primary amides is 1. The molecule has 1 aliphatic heterocycles. The van der Waals surface area contributed by atoms with Gasteiger partial charge in [-0.1, -0.05) is 64.1 Å². The van der Waals surface area contributed by atoms with E-state index in [0.717, 1.165) is 37.9 Å². The molecule has 14 nitrogen and oxygen atoms in total. The van der Waals surface area contributed by atoms with Crippen LogP contribution in [0.15, 0.2) is 42.5 Å². The van der Waals surface area contributed by atoms with Gasteiger partial charge in [-0.25, -0.2) is 0 Å². The highest BCUT2D eigenvalue weighted by Crippen LogP contribution is 2.23. The third-order valence-electron chi connectivity index (χ3n) is 6.17. The van der Waals surface area contributed by atoms with Crippen LogP contribution in [0.5, 0.6) is 0 Å². The van der Waals surface area contributed by atoms with Gasteiger partial charge in [0.15, 0.2) is 0 Å². The molecule has 0 aliphatic carbocycles. The maximum absolute atomic E-state index is 13.2. The summed E-state index contributed by atoms with van der Waals surface area (Å²) in [6.45, 7) is -0.211. The van der Waals surface area contributed by atoms with Crippen LogP contribution in [0.3, 0.4) is 0 Å². The predicted molar refractivity (Wildman–Crippen MR) is 162 cm³/mol. The highest BCUT2D eigenvalue weighted by molar-refractivity contribution is 8.76. The van der Waals surface area contributed by atoms with E-state index in [9.17, 15) is 33.6 Å². The smallest absolute Gasteiger partial charge is 0.243 e. The first kappa shape index (κ1) is 33.2. The lowest BCUT2D eigenvalue weighted by molar-refractivity contribution is -0.131. The van der Waals surface area contributed by atoms with E-state index in [1.807, 2.05) is 42.5 Å². The van der Waals surface area contributed by atoms with Crippen LogP contribution in [0.1, 0.15) is 12.5 Å². The third kappa shape index (κ3) is 10.8. The van der Waals surface area contributed by atoms with Crippen molar-refractivity contribution >= 4 is 73.7 Å². The minimum atomic E-state index is -1.12. The lowest BCUT2D eigenvalue weighted by atomic mass is 9.98. The molecular weight excluding hydrogens is 598 g/mol. The number of rotatable bonds is 4. The van der Waals surface area contributed by atoms with Crippen LogP contribution in [0.2, 0.25) is 0 Å². The first-order chi connectivity index (χ1) is 20.5. The maximum atomic E-state index is 13.2. The van der Waals surface area contributed by atoms with Crippen LogP contribution in [0, 0.1) is 0 Å². The zero-order chi connectivity index (χ0) is 31.4. The summed E-state index contributed by atoms with van der Waals surface area (Å²) >= 11 is 0. The number of hydrogen-bond donors (Lipinski definition) is 7. The van der Waals surface area contributed by atoms with Crippen molar-refractivity contribution in [3.05, 3.63) is 48.0 Å². The minimum Gasteiger partial charge on any atom is -0.368 e. The number of benzene rings is 2. The van der Waals surface area contributed by atoms with E-state index < -0.39 is 79.1 Å². The van der Waals surface area contributed by atoms with E-state index in [1.165, 1.54) is 6.92 Å². The molecule has 0 radical (unpaired) electrons. The largest absolute Gasteiger partial charge is 0.368 e. The molecule has 1 heterocycles. The van der Waals surface area contributed by atoms with Gasteiger partial charge in [0.05, 0.1) is 19.6 Å². The molecule has 1 saturated heterocycles. The average molecular weight is 632 g/mol. The third-order valence-corrected chi connectivity index (χ3v) is 8.60. The fourth-order valence-corrected chi connectivity index (χ4v) is 6.41. The van der Waals surface area contributed by atoms with Crippen molar-refractivity contribution in [3.8, 4) is 0 Å². The Morgan fingerprint density at radius 1 is 0.814 bits per heavy atom. The second-order valence-corrected chi connectivity index (χ2v) is 12.1. The maximum Gasteiger partial charge on any atom is 0.243 e. The quantitative estimate of drug-likeness (QED) is 0.187. The van der Waals surface area contributed by atoms with Crippen LogP contribution >= 0.6 is 21.6 Å². The van der Waals surface area contributed by atoms with Gasteiger partial charge >= 0.3 is 0 Å². The van der Waals surface area contributed by atoms with Crippen LogP contribution < -0.4 is 37.6 Å². The number of fused-ring (bicyclic) bond motifs is 1. The molecule has 230 valence electrons. The Morgan fingerprint density at radius 3 is 2.19 bits per heavy atom. The van der Waals surface area contributed by atoms with Gasteiger partial charge in [0.25, 0.3) is 0 Å². The average Bonchev–Trinajstić information content (AvgIpc) is 2.97. The van der Waals surface area contributed by atoms with Gasteiger partial charge in [-0.3, -0.25) is 33.6 Å². The SMILES string of the molecule is CC(=O)NC1CSSCC(C(N)=O)NC(=O)CNC(=O)CNC(=O)C(Cc2cccc3ccccc23)NC(=O)CNC1=O. The monoisotopic (exact) mass is 631 g/mol. The van der Waals surface area contributed by atoms with E-state index >= 15 is 0 Å². The molecule has 1 fully saturated rings. The lowest BCUT2D eigenvalue weighted by Crippen LogP contribution is -2.54. The summed E-state index contributed by atoms with van der Waals surface area (Å²) in [7, 11) is 2.27. The summed E-state index contributed by atoms with van der Waals surface area (Å²) in [6.07, 6.45) is 0.0772. The van der Waals surface area contributed by atoms with Crippen molar-refractivity contribution < 1.29 is 33.6 Å². The van der Waals surface area contributed by atoms with Crippen LogP contribution in [0.4, 0.5) is 0 Å². The lowest BCUT2D eigenvalue weighted by Gasteiger charge is -2.21. The van der Waals surface area contributed by atoms with Gasteiger partial charge in [0.2, 0.25) is 41.4 Å². The molecule has 16 heteroatoms. The van der Waals surface area contributed by atoms with Crippen LogP contribution in [-0.2, 0) is 40.0 Å². The summed E-state index contributed by atoms with van der Waals surface area (Å²) in [5.41, 5.74) is 6.15. The zero-order valence-electron chi connectivity index (χ0n) is 23.3. The van der Waals surface area contributed by atoms with Gasteiger partial charge in [0, 0.05) is 24.9 Å². The van der Waals surface area contributed by atoms with Crippen LogP contribution in [0.25, 0.3) is 10.8 Å². The molecule has 8 N–H and O–H groups in total. The zero-order valence-corrected chi connectivity index (χ0v) is 24.9. The normalized spacial score (nSPS) is 21.8. The van der Waals surface area contributed by atoms with E-state index in [-0.39, 0.29) is 17.9 Å². The first-order valence-electron chi connectivity index (χ1n) is 13.2. The highest BCUT2D eigenvalue weighted by Gasteiger charge is 2.26. The molecular formula is C27H33N7O7S2. The van der Waals surface area contributed by atoms with Crippen molar-refractivity contribution in [1.82, 2.24) is 31.9 Å². The highest BCUT2D eigenvalue weighted by atomic mass is 33.1. The van der Waals surface area contributed by atoms with Crippen molar-refractivity contribution in [3.63, 3.8) is 0 Å². The minimum absolute atomic E-state index is 0.0463. The Bertz CT molecular complexity index is 1390. The first-order valence-corrected chi connectivity index (χ1v) is 15.7. The van der Waals surface area contributed by atoms with Gasteiger partial charge in [-0.2, -0.15) is 0 Å². The Kier molecular flexibility index (Phi) is 12.6. The molecule has 3 atom stereocenters. The molecule has 7 amide bonds. The molecule has 43 heavy (non-hydrogen) atoms. The van der Waals surface area contributed by atoms with Crippen molar-refractivity contribution in [2.45, 2.75) is 31.5 Å². The Morgan fingerprint density at radius 2 is 1.44 bits per heavy atom. The second kappa shape index (κ2) is 16.4. The molecule has 0 saturated carbocycles. The Hall–Kier alpha value is -4.31. The number of carbonyl (C=O) groups excluding carboxylic acids is 7. The Labute approximate surface area is 255 Å². The van der Waals surface area contributed by atoms with Crippen molar-refractivity contribution in [1.29, 1.82) is 0 Å². The molecule has 3 rings (SSSR count). The number of carbonyl (C=O) groups is 7. The molecule has 0 bridgehead atoms. The number of hydrogen-bond acceptors (Lipinski definition) is 9. The molecule has 0 spiro atoms. The Balaban J connectivity index is 1.80. The summed E-state index contributed by atoms with van der Waals surface area (Å²) in [6, 6.07) is 9.87. The fourth-order valence-electron chi connectivity index (χ4n) is 4.07. The van der Waals surface area contributed by atoms with Crippen molar-refractivity contribution in [2.24, 2.45) is 5.73 Å². The van der Waals surface area contributed by atoms with Gasteiger partial charge in [-0.15, -0.1) is 0 Å². The summed E-state index contributed by atoms with van der Waals surface area (Å²) in [4.78, 5) is 87.0. The van der Waals surface area contributed by atoms with E-state index in [2.05, 4.69) is 31.9 Å². The van der Waals surface area contributed by atoms with Gasteiger partial charge in [-0.05, 0) is 16.3 Å². The molecule has 0 aromatic heterocycles. The van der Waals surface area contributed by atoms with Crippen molar-refractivity contribution in [2.75, 3.05) is 31.1 Å². The molecule has 2 aromatic carbocycles. The number of amides is 7. The van der Waals surface area contributed by atoms with Gasteiger partial charge in [0.1, 0.15) is 18.1 Å². The standard InChI is InChI=1S/C27H33N7O7S2/c1-15(35)32-21-14-43-42-13-20(25(28)39)34-23(37)11-29-22(36)10-30-26(40)19(33-24(38)12-31-27(21)41)9-17-7-4-6-16-5-2-3-8-18(16)17/h2-8,19-21H,9-14H2,1H3,(H2,28,39)(H,29,36)(H,30,40)(H,31,41)(H,32,35)(H,33,38)(H,34,37). The predicted octanol–water partition coefficient (Wildman–Crippen LogP) is -1.91. The van der Waals surface area contributed by atoms with Crippen LogP contribution in [-0.4, -0.2) is 90.6 Å². The summed E-state index contributed by atoms with van der Waals surface area (Å²) in [5, 5.41) is 16.6. The molecule has 3 unspecified atom stereocenters. The summed E-state index contributed by atoms with van der Waals surface area (Å²) in [5.74, 6) is -4.49.